The Kier molecular flexibility index (Phi) is 6.96. The van der Waals surface area contributed by atoms with Crippen LogP contribution in [0.2, 0.25) is 10.0 Å². The van der Waals surface area contributed by atoms with Gasteiger partial charge in [0.05, 0.1) is 12.2 Å². The summed E-state index contributed by atoms with van der Waals surface area (Å²) in [4.78, 5) is 4.12. The van der Waals surface area contributed by atoms with Crippen molar-refractivity contribution >= 4 is 29.2 Å². The second kappa shape index (κ2) is 8.73. The summed E-state index contributed by atoms with van der Waals surface area (Å²) >= 11 is 11.9. The predicted octanol–water partition coefficient (Wildman–Crippen LogP) is 2.35. The molecule has 3 atom stereocenters. The summed E-state index contributed by atoms with van der Waals surface area (Å²) in [5, 5.41) is 27.3. The fourth-order valence-electron chi connectivity index (χ4n) is 2.78. The van der Waals surface area contributed by atoms with E-state index in [0.717, 1.165) is 19.3 Å². The molecule has 1 saturated carbocycles. The van der Waals surface area contributed by atoms with Gasteiger partial charge in [-0.1, -0.05) is 29.6 Å². The Labute approximate surface area is 146 Å². The highest BCUT2D eigenvalue weighted by atomic mass is 35.5. The maximum atomic E-state index is 10.2. The van der Waals surface area contributed by atoms with Crippen LogP contribution in [0, 0.1) is 5.92 Å². The van der Waals surface area contributed by atoms with E-state index in [2.05, 4.69) is 15.6 Å². The van der Waals surface area contributed by atoms with E-state index in [-0.39, 0.29) is 18.6 Å². The molecule has 1 aromatic rings. The molecule has 0 amide bonds. The van der Waals surface area contributed by atoms with Crippen molar-refractivity contribution in [2.24, 2.45) is 10.9 Å². The van der Waals surface area contributed by atoms with E-state index in [1.807, 2.05) is 0 Å². The van der Waals surface area contributed by atoms with Crippen molar-refractivity contribution in [3.63, 3.8) is 0 Å². The fourth-order valence-corrected chi connectivity index (χ4v) is 3.33. The zero-order valence-electron chi connectivity index (χ0n) is 13.1. The largest absolute Gasteiger partial charge is 0.393 e. The number of aliphatic hydroxyl groups excluding tert-OH is 2. The van der Waals surface area contributed by atoms with E-state index in [1.165, 1.54) is 0 Å². The summed E-state index contributed by atoms with van der Waals surface area (Å²) < 4.78 is 0. The van der Waals surface area contributed by atoms with E-state index < -0.39 is 6.10 Å². The van der Waals surface area contributed by atoms with Gasteiger partial charge in [-0.15, -0.1) is 0 Å². The molecule has 0 radical (unpaired) electrons. The van der Waals surface area contributed by atoms with Crippen molar-refractivity contribution in [1.29, 1.82) is 0 Å². The maximum Gasteiger partial charge on any atom is 0.191 e. The highest BCUT2D eigenvalue weighted by Gasteiger charge is 2.25. The molecule has 0 aromatic heterocycles. The fraction of sp³-hybridized carbons (Fsp3) is 0.562. The van der Waals surface area contributed by atoms with E-state index in [4.69, 9.17) is 23.2 Å². The number of nitrogens with zero attached hydrogens (tertiary/aromatic N) is 1. The molecule has 0 spiro atoms. The summed E-state index contributed by atoms with van der Waals surface area (Å²) in [6.07, 6.45) is 1.97. The topological polar surface area (TPSA) is 76.9 Å². The van der Waals surface area contributed by atoms with Crippen LogP contribution in [0.1, 0.15) is 30.9 Å². The van der Waals surface area contributed by atoms with Gasteiger partial charge < -0.3 is 20.8 Å². The molecule has 4 N–H and O–H groups in total. The molecule has 0 saturated heterocycles. The smallest absolute Gasteiger partial charge is 0.191 e. The average Bonchev–Trinajstić information content (AvgIpc) is 2.91. The third kappa shape index (κ3) is 5.53. The summed E-state index contributed by atoms with van der Waals surface area (Å²) in [7, 11) is 1.67. The lowest BCUT2D eigenvalue weighted by molar-refractivity contribution is 0.134. The van der Waals surface area contributed by atoms with Crippen molar-refractivity contribution in [2.45, 2.75) is 31.5 Å². The molecule has 1 aromatic carbocycles. The Morgan fingerprint density at radius 1 is 1.26 bits per heavy atom. The second-order valence-electron chi connectivity index (χ2n) is 5.81. The van der Waals surface area contributed by atoms with E-state index in [1.54, 1.807) is 25.2 Å². The average molecular weight is 360 g/mol. The molecule has 0 heterocycles. The van der Waals surface area contributed by atoms with Crippen molar-refractivity contribution in [2.75, 3.05) is 20.1 Å². The molecular formula is C16H23Cl2N3O2. The number of hydrogen-bond donors (Lipinski definition) is 4. The number of halogens is 2. The first-order chi connectivity index (χ1) is 11.0. The standard InChI is InChI=1S/C16H23Cl2N3O2/c1-19-16(20-8-10-3-2-4-14(10)22)21-9-15(23)11-5-12(17)7-13(18)6-11/h5-7,10,14-15,22-23H,2-4,8-9H2,1H3,(H2,19,20,21). The number of guanidine groups is 1. The van der Waals surface area contributed by atoms with Crippen molar-refractivity contribution < 1.29 is 10.2 Å². The summed E-state index contributed by atoms with van der Waals surface area (Å²) in [6, 6.07) is 5.00. The Hall–Kier alpha value is -1.01. The van der Waals surface area contributed by atoms with Gasteiger partial charge in [-0.25, -0.2) is 0 Å². The summed E-state index contributed by atoms with van der Waals surface area (Å²) in [6.45, 7) is 0.948. The highest BCUT2D eigenvalue weighted by Crippen LogP contribution is 2.25. The van der Waals surface area contributed by atoms with Gasteiger partial charge in [-0.3, -0.25) is 4.99 Å². The lowest BCUT2D eigenvalue weighted by Gasteiger charge is -2.19. The van der Waals surface area contributed by atoms with Gasteiger partial charge in [0.1, 0.15) is 0 Å². The molecule has 0 aliphatic heterocycles. The summed E-state index contributed by atoms with van der Waals surface area (Å²) in [5.41, 5.74) is 0.650. The van der Waals surface area contributed by atoms with Crippen LogP contribution in [-0.4, -0.2) is 42.4 Å². The molecule has 5 nitrogen and oxygen atoms in total. The molecule has 3 unspecified atom stereocenters. The maximum absolute atomic E-state index is 10.2. The molecule has 1 aliphatic carbocycles. The normalized spacial score (nSPS) is 22.9. The van der Waals surface area contributed by atoms with Gasteiger partial charge in [0.25, 0.3) is 0 Å². The second-order valence-corrected chi connectivity index (χ2v) is 6.68. The number of aliphatic hydroxyl groups is 2. The van der Waals surface area contributed by atoms with Gasteiger partial charge in [0.2, 0.25) is 0 Å². The van der Waals surface area contributed by atoms with E-state index in [0.29, 0.717) is 28.1 Å². The molecule has 2 rings (SSSR count). The van der Waals surface area contributed by atoms with Crippen LogP contribution >= 0.6 is 23.2 Å². The van der Waals surface area contributed by atoms with Gasteiger partial charge >= 0.3 is 0 Å². The Morgan fingerprint density at radius 2 is 1.96 bits per heavy atom. The molecular weight excluding hydrogens is 337 g/mol. The number of nitrogens with one attached hydrogen (secondary N) is 2. The summed E-state index contributed by atoms with van der Waals surface area (Å²) in [5.74, 6) is 0.849. The zero-order chi connectivity index (χ0) is 16.8. The van der Waals surface area contributed by atoms with Crippen LogP contribution in [0.15, 0.2) is 23.2 Å². The van der Waals surface area contributed by atoms with Gasteiger partial charge in [-0.05, 0) is 36.6 Å². The first-order valence-corrected chi connectivity index (χ1v) is 8.52. The van der Waals surface area contributed by atoms with Crippen LogP contribution in [0.3, 0.4) is 0 Å². The van der Waals surface area contributed by atoms with Gasteiger partial charge in [-0.2, -0.15) is 0 Å². The first-order valence-electron chi connectivity index (χ1n) is 7.76. The zero-order valence-corrected chi connectivity index (χ0v) is 14.6. The van der Waals surface area contributed by atoms with Gasteiger partial charge in [0, 0.05) is 36.1 Å². The monoisotopic (exact) mass is 359 g/mol. The van der Waals surface area contributed by atoms with Crippen LogP contribution in [0.4, 0.5) is 0 Å². The third-order valence-corrected chi connectivity index (χ3v) is 4.54. The molecule has 0 bridgehead atoms. The van der Waals surface area contributed by atoms with E-state index in [9.17, 15) is 10.2 Å². The Bertz CT molecular complexity index is 534. The van der Waals surface area contributed by atoms with Gasteiger partial charge in [0.15, 0.2) is 5.96 Å². The van der Waals surface area contributed by atoms with Crippen LogP contribution < -0.4 is 10.6 Å². The quantitative estimate of drug-likeness (QED) is 0.480. The van der Waals surface area contributed by atoms with Crippen LogP contribution in [-0.2, 0) is 0 Å². The molecule has 1 fully saturated rings. The lowest BCUT2D eigenvalue weighted by Crippen LogP contribution is -2.42. The number of benzene rings is 1. The molecule has 7 heteroatoms. The van der Waals surface area contributed by atoms with Crippen LogP contribution in [0.25, 0.3) is 0 Å². The third-order valence-electron chi connectivity index (χ3n) is 4.11. The van der Waals surface area contributed by atoms with Crippen molar-refractivity contribution in [1.82, 2.24) is 10.6 Å². The SMILES string of the molecule is CN=C(NCC(O)c1cc(Cl)cc(Cl)c1)NCC1CCCC1O. The minimum Gasteiger partial charge on any atom is -0.393 e. The Balaban J connectivity index is 1.82. The van der Waals surface area contributed by atoms with E-state index >= 15 is 0 Å². The molecule has 128 valence electrons. The minimum absolute atomic E-state index is 0.236. The predicted molar refractivity (Wildman–Crippen MR) is 94.1 cm³/mol. The lowest BCUT2D eigenvalue weighted by atomic mass is 10.1. The van der Waals surface area contributed by atoms with Crippen LogP contribution in [0.5, 0.6) is 0 Å². The number of hydrogen-bond acceptors (Lipinski definition) is 3. The Morgan fingerprint density at radius 3 is 2.52 bits per heavy atom. The number of aliphatic imine (C=N–C) groups is 1. The molecule has 23 heavy (non-hydrogen) atoms. The molecule has 1 aliphatic rings. The minimum atomic E-state index is -0.748. The first kappa shape index (κ1) is 18.3. The van der Waals surface area contributed by atoms with Crippen molar-refractivity contribution in [3.8, 4) is 0 Å². The van der Waals surface area contributed by atoms with Crippen molar-refractivity contribution in [3.05, 3.63) is 33.8 Å². The highest BCUT2D eigenvalue weighted by molar-refractivity contribution is 6.34. The number of rotatable bonds is 5.